The maximum absolute atomic E-state index is 2.38. The second-order valence-corrected chi connectivity index (χ2v) is 7.19. The quantitative estimate of drug-likeness (QED) is 0.697. The van der Waals surface area contributed by atoms with Crippen molar-refractivity contribution in [3.63, 3.8) is 0 Å². The van der Waals surface area contributed by atoms with Gasteiger partial charge < -0.3 is 9.80 Å². The third kappa shape index (κ3) is 2.82. The summed E-state index contributed by atoms with van der Waals surface area (Å²) in [6.45, 7) is 13.3. The highest BCUT2D eigenvalue weighted by molar-refractivity contribution is 5.68. The predicted molar refractivity (Wildman–Crippen MR) is 105 cm³/mol. The molecule has 0 spiro atoms. The van der Waals surface area contributed by atoms with Gasteiger partial charge in [0.15, 0.2) is 0 Å². The highest BCUT2D eigenvalue weighted by atomic mass is 15.4. The number of hydrogen-bond acceptors (Lipinski definition) is 2. The van der Waals surface area contributed by atoms with Gasteiger partial charge in [0.2, 0.25) is 0 Å². The van der Waals surface area contributed by atoms with Gasteiger partial charge in [-0.1, -0.05) is 44.2 Å². The molecular formula is C22H28N2. The summed E-state index contributed by atoms with van der Waals surface area (Å²) < 4.78 is 0. The lowest BCUT2D eigenvalue weighted by molar-refractivity contribution is 0.744. The average molecular weight is 320 g/mol. The van der Waals surface area contributed by atoms with Gasteiger partial charge in [0, 0.05) is 23.8 Å². The van der Waals surface area contributed by atoms with E-state index in [1.807, 2.05) is 0 Å². The van der Waals surface area contributed by atoms with Crippen LogP contribution >= 0.6 is 0 Å². The molecular weight excluding hydrogens is 292 g/mol. The lowest BCUT2D eigenvalue weighted by Crippen LogP contribution is -2.36. The van der Waals surface area contributed by atoms with Crippen LogP contribution in [0.15, 0.2) is 48.8 Å². The fraction of sp³-hybridized carbons (Fsp3) is 0.364. The molecule has 1 atom stereocenters. The van der Waals surface area contributed by atoms with E-state index in [-0.39, 0.29) is 6.17 Å². The molecule has 24 heavy (non-hydrogen) atoms. The Morgan fingerprint density at radius 3 is 2.04 bits per heavy atom. The van der Waals surface area contributed by atoms with Gasteiger partial charge in [-0.05, 0) is 61.9 Å². The van der Waals surface area contributed by atoms with Crippen molar-refractivity contribution >= 4 is 11.4 Å². The van der Waals surface area contributed by atoms with E-state index in [9.17, 15) is 0 Å². The zero-order valence-electron chi connectivity index (χ0n) is 15.7. The Morgan fingerprint density at radius 1 is 0.833 bits per heavy atom. The van der Waals surface area contributed by atoms with E-state index in [0.29, 0.717) is 5.92 Å². The van der Waals surface area contributed by atoms with Crippen molar-refractivity contribution in [3.8, 4) is 0 Å². The minimum absolute atomic E-state index is 0.272. The van der Waals surface area contributed by atoms with Crippen LogP contribution < -0.4 is 9.80 Å². The first-order chi connectivity index (χ1) is 11.4. The van der Waals surface area contributed by atoms with E-state index in [2.05, 4.69) is 100 Å². The molecule has 0 aromatic heterocycles. The molecule has 126 valence electrons. The summed E-state index contributed by atoms with van der Waals surface area (Å²) in [6.07, 6.45) is 4.68. The van der Waals surface area contributed by atoms with Crippen LogP contribution in [-0.4, -0.2) is 6.17 Å². The van der Waals surface area contributed by atoms with Gasteiger partial charge >= 0.3 is 0 Å². The van der Waals surface area contributed by atoms with Crippen LogP contribution in [0.4, 0.5) is 11.4 Å². The summed E-state index contributed by atoms with van der Waals surface area (Å²) in [5, 5.41) is 0. The normalized spacial score (nSPS) is 17.2. The first kappa shape index (κ1) is 16.6. The van der Waals surface area contributed by atoms with Crippen molar-refractivity contribution in [2.45, 2.75) is 53.6 Å². The fourth-order valence-corrected chi connectivity index (χ4v) is 3.61. The Labute approximate surface area is 146 Å². The Bertz CT molecular complexity index is 753. The van der Waals surface area contributed by atoms with Crippen molar-refractivity contribution in [3.05, 3.63) is 71.1 Å². The van der Waals surface area contributed by atoms with Crippen LogP contribution in [0.25, 0.3) is 0 Å². The Hall–Kier alpha value is -2.22. The highest BCUT2D eigenvalue weighted by Gasteiger charge is 2.27. The number of aryl methyl sites for hydroxylation is 3. The van der Waals surface area contributed by atoms with E-state index < -0.39 is 0 Å². The highest BCUT2D eigenvalue weighted by Crippen LogP contribution is 2.35. The number of hydrogen-bond donors (Lipinski definition) is 0. The molecule has 0 N–H and O–H groups in total. The van der Waals surface area contributed by atoms with Crippen molar-refractivity contribution in [1.29, 1.82) is 0 Å². The van der Waals surface area contributed by atoms with Gasteiger partial charge in [-0.25, -0.2) is 0 Å². The van der Waals surface area contributed by atoms with Crippen molar-refractivity contribution < 1.29 is 0 Å². The fourth-order valence-electron chi connectivity index (χ4n) is 3.61. The molecule has 2 aromatic carbocycles. The van der Waals surface area contributed by atoms with Crippen LogP contribution in [0.2, 0.25) is 0 Å². The molecule has 1 heterocycles. The summed E-state index contributed by atoms with van der Waals surface area (Å²) in [4.78, 5) is 4.74. The Balaban J connectivity index is 1.93. The molecule has 0 bridgehead atoms. The zero-order chi connectivity index (χ0) is 17.4. The van der Waals surface area contributed by atoms with Gasteiger partial charge in [-0.3, -0.25) is 0 Å². The third-order valence-electron chi connectivity index (χ3n) is 5.06. The van der Waals surface area contributed by atoms with Crippen molar-refractivity contribution in [2.24, 2.45) is 0 Å². The summed E-state index contributed by atoms with van der Waals surface area (Å²) in [5.74, 6) is 0.565. The molecule has 2 aromatic rings. The number of rotatable bonds is 3. The smallest absolute Gasteiger partial charge is 0.107 e. The van der Waals surface area contributed by atoms with Gasteiger partial charge in [-0.2, -0.15) is 0 Å². The first-order valence-electron chi connectivity index (χ1n) is 8.82. The summed E-state index contributed by atoms with van der Waals surface area (Å²) in [6, 6.07) is 13.4. The van der Waals surface area contributed by atoms with Gasteiger partial charge in [0.05, 0.1) is 0 Å². The maximum atomic E-state index is 2.38. The van der Waals surface area contributed by atoms with Crippen LogP contribution in [0.1, 0.15) is 48.9 Å². The van der Waals surface area contributed by atoms with E-state index in [1.54, 1.807) is 0 Å². The molecule has 0 amide bonds. The number of anilines is 2. The summed E-state index contributed by atoms with van der Waals surface area (Å²) in [7, 11) is 0. The van der Waals surface area contributed by atoms with Crippen LogP contribution in [0, 0.1) is 20.8 Å². The lowest BCUT2D eigenvalue weighted by Gasteiger charge is -2.32. The van der Waals surface area contributed by atoms with E-state index >= 15 is 0 Å². The molecule has 0 saturated carbocycles. The number of benzene rings is 2. The largest absolute Gasteiger partial charge is 0.325 e. The summed E-state index contributed by atoms with van der Waals surface area (Å²) >= 11 is 0. The zero-order valence-corrected chi connectivity index (χ0v) is 15.7. The molecule has 1 aliphatic rings. The minimum atomic E-state index is 0.272. The van der Waals surface area contributed by atoms with E-state index in [4.69, 9.17) is 0 Å². The molecule has 0 saturated heterocycles. The SMILES string of the molecule is Cc1cc(C(C)C)ccc1N1C=CN(c2c(C)cccc2C)[C@H]1C. The lowest BCUT2D eigenvalue weighted by atomic mass is 10.00. The third-order valence-corrected chi connectivity index (χ3v) is 5.06. The number of nitrogens with zero attached hydrogens (tertiary/aromatic N) is 2. The van der Waals surface area contributed by atoms with Crippen LogP contribution in [0.3, 0.4) is 0 Å². The van der Waals surface area contributed by atoms with E-state index in [1.165, 1.54) is 33.6 Å². The van der Waals surface area contributed by atoms with Crippen LogP contribution in [0.5, 0.6) is 0 Å². The van der Waals surface area contributed by atoms with Crippen molar-refractivity contribution in [1.82, 2.24) is 0 Å². The molecule has 0 radical (unpaired) electrons. The predicted octanol–water partition coefficient (Wildman–Crippen LogP) is 5.88. The summed E-state index contributed by atoms with van der Waals surface area (Å²) in [5.41, 5.74) is 7.98. The molecule has 0 fully saturated rings. The van der Waals surface area contributed by atoms with Gasteiger partial charge in [0.25, 0.3) is 0 Å². The van der Waals surface area contributed by atoms with Gasteiger partial charge in [-0.15, -0.1) is 0 Å². The second kappa shape index (κ2) is 6.35. The molecule has 1 aliphatic heterocycles. The molecule has 0 aliphatic carbocycles. The van der Waals surface area contributed by atoms with Crippen molar-refractivity contribution in [2.75, 3.05) is 9.80 Å². The van der Waals surface area contributed by atoms with E-state index in [0.717, 1.165) is 0 Å². The molecule has 3 rings (SSSR count). The Kier molecular flexibility index (Phi) is 4.40. The minimum Gasteiger partial charge on any atom is -0.325 e. The molecule has 2 nitrogen and oxygen atoms in total. The average Bonchev–Trinajstić information content (AvgIpc) is 2.89. The monoisotopic (exact) mass is 320 g/mol. The maximum Gasteiger partial charge on any atom is 0.107 e. The standard InChI is InChI=1S/C22H28N2/c1-15(2)20-10-11-21(18(5)14-20)23-12-13-24(19(23)6)22-16(3)8-7-9-17(22)4/h7-15,19H,1-6H3/t19-/m0/s1. The number of para-hydroxylation sites is 1. The topological polar surface area (TPSA) is 6.48 Å². The van der Waals surface area contributed by atoms with Crippen LogP contribution in [-0.2, 0) is 0 Å². The Morgan fingerprint density at radius 2 is 1.46 bits per heavy atom. The first-order valence-corrected chi connectivity index (χ1v) is 8.82. The second-order valence-electron chi connectivity index (χ2n) is 7.19. The molecule has 2 heteroatoms. The molecule has 0 unspecified atom stereocenters. The van der Waals surface area contributed by atoms with Gasteiger partial charge in [0.1, 0.15) is 6.17 Å².